The number of hydrogen-bond acceptors (Lipinski definition) is 5. The van der Waals surface area contributed by atoms with Gasteiger partial charge >= 0.3 is 0 Å². The van der Waals surface area contributed by atoms with Crippen LogP contribution in [0.25, 0.3) is 21.1 Å². The highest BCUT2D eigenvalue weighted by atomic mass is 32.1. The number of para-hydroxylation sites is 2. The Labute approximate surface area is 160 Å². The van der Waals surface area contributed by atoms with Crippen molar-refractivity contribution in [2.45, 2.75) is 0 Å². The van der Waals surface area contributed by atoms with Gasteiger partial charge in [0, 0.05) is 23.3 Å². The van der Waals surface area contributed by atoms with Crippen LogP contribution in [0.4, 0.5) is 10.8 Å². The summed E-state index contributed by atoms with van der Waals surface area (Å²) in [6.45, 7) is 0. The minimum absolute atomic E-state index is 0.786. The Balaban J connectivity index is 1.46. The van der Waals surface area contributed by atoms with Gasteiger partial charge in [-0.05, 0) is 42.5 Å². The summed E-state index contributed by atoms with van der Waals surface area (Å²) in [5, 5.41) is 5.20. The lowest BCUT2D eigenvalue weighted by molar-refractivity contribution is 0.489. The number of aromatic nitrogens is 2. The number of nitrogens with one attached hydrogen (secondary N) is 1. The molecule has 0 aliphatic rings. The Bertz CT molecular complexity index is 1230. The summed E-state index contributed by atoms with van der Waals surface area (Å²) in [4.78, 5) is 9.03. The highest BCUT2D eigenvalue weighted by Crippen LogP contribution is 2.34. The van der Waals surface area contributed by atoms with E-state index in [1.807, 2.05) is 78.9 Å². The minimum Gasteiger partial charge on any atom is -0.457 e. The van der Waals surface area contributed by atoms with Crippen molar-refractivity contribution in [3.05, 3.63) is 85.1 Å². The van der Waals surface area contributed by atoms with E-state index in [1.54, 1.807) is 17.5 Å². The van der Waals surface area contributed by atoms with Gasteiger partial charge in [0.25, 0.3) is 0 Å². The molecule has 0 saturated heterocycles. The number of fused-ring (bicyclic) bond motifs is 2. The molecule has 130 valence electrons. The standard InChI is InChI=1S/C22H15N3OS/c1-2-6-15(7-3-1)24-22-25-19-11-10-16(14-21(19)27-22)26-20-12-13-23-18-9-5-4-8-17(18)20/h1-14H,(H,24,25). The molecule has 0 unspecified atom stereocenters. The number of hydrogen-bond donors (Lipinski definition) is 1. The van der Waals surface area contributed by atoms with Gasteiger partial charge in [-0.25, -0.2) is 4.98 Å². The lowest BCUT2D eigenvalue weighted by Crippen LogP contribution is -1.87. The number of nitrogens with zero attached hydrogens (tertiary/aromatic N) is 2. The number of benzene rings is 3. The Hall–Kier alpha value is -3.44. The topological polar surface area (TPSA) is 47.0 Å². The molecule has 0 radical (unpaired) electrons. The maximum absolute atomic E-state index is 6.15. The predicted molar refractivity (Wildman–Crippen MR) is 111 cm³/mol. The molecule has 0 fully saturated rings. The van der Waals surface area contributed by atoms with E-state index in [9.17, 15) is 0 Å². The third-order valence-corrected chi connectivity index (χ3v) is 5.16. The SMILES string of the molecule is c1ccc(Nc2nc3ccc(Oc4ccnc5ccccc45)cc3s2)cc1. The van der Waals surface area contributed by atoms with Crippen LogP contribution in [0.5, 0.6) is 11.5 Å². The fourth-order valence-electron chi connectivity index (χ4n) is 2.95. The number of ether oxygens (including phenoxy) is 1. The highest BCUT2D eigenvalue weighted by Gasteiger charge is 2.08. The fourth-order valence-corrected chi connectivity index (χ4v) is 3.87. The molecule has 0 aliphatic carbocycles. The van der Waals surface area contributed by atoms with E-state index < -0.39 is 0 Å². The van der Waals surface area contributed by atoms with Crippen LogP contribution < -0.4 is 10.1 Å². The van der Waals surface area contributed by atoms with E-state index >= 15 is 0 Å². The van der Waals surface area contributed by atoms with Crippen LogP contribution in [-0.2, 0) is 0 Å². The van der Waals surface area contributed by atoms with Gasteiger partial charge in [-0.1, -0.05) is 41.7 Å². The maximum atomic E-state index is 6.15. The zero-order valence-electron chi connectivity index (χ0n) is 14.3. The largest absolute Gasteiger partial charge is 0.457 e. The normalized spacial score (nSPS) is 11.0. The molecule has 0 aliphatic heterocycles. The Morgan fingerprint density at radius 1 is 0.815 bits per heavy atom. The average Bonchev–Trinajstić information content (AvgIpc) is 3.10. The number of rotatable bonds is 4. The molecule has 0 bridgehead atoms. The molecule has 2 heterocycles. The molecule has 5 rings (SSSR count). The van der Waals surface area contributed by atoms with E-state index in [4.69, 9.17) is 4.74 Å². The van der Waals surface area contributed by atoms with Crippen molar-refractivity contribution in [2.24, 2.45) is 0 Å². The summed E-state index contributed by atoms with van der Waals surface area (Å²) >= 11 is 1.61. The van der Waals surface area contributed by atoms with E-state index in [0.717, 1.165) is 43.4 Å². The lowest BCUT2D eigenvalue weighted by atomic mass is 10.2. The first-order chi connectivity index (χ1) is 13.3. The molecular weight excluding hydrogens is 354 g/mol. The third kappa shape index (κ3) is 3.20. The van der Waals surface area contributed by atoms with Crippen molar-refractivity contribution < 1.29 is 4.74 Å². The molecule has 4 nitrogen and oxygen atoms in total. The first-order valence-electron chi connectivity index (χ1n) is 8.59. The second kappa shape index (κ2) is 6.70. The summed E-state index contributed by atoms with van der Waals surface area (Å²) in [5.74, 6) is 1.58. The van der Waals surface area contributed by atoms with E-state index in [0.29, 0.717) is 0 Å². The van der Waals surface area contributed by atoms with Gasteiger partial charge in [-0.2, -0.15) is 0 Å². The highest BCUT2D eigenvalue weighted by molar-refractivity contribution is 7.22. The van der Waals surface area contributed by atoms with Crippen LogP contribution in [0.15, 0.2) is 85.1 Å². The summed E-state index contributed by atoms with van der Waals surface area (Å²) in [5.41, 5.74) is 2.89. The summed E-state index contributed by atoms with van der Waals surface area (Å²) in [7, 11) is 0. The van der Waals surface area contributed by atoms with Crippen LogP contribution in [0.3, 0.4) is 0 Å². The lowest BCUT2D eigenvalue weighted by Gasteiger charge is -2.08. The third-order valence-electron chi connectivity index (χ3n) is 4.22. The second-order valence-electron chi connectivity index (χ2n) is 6.07. The molecule has 0 atom stereocenters. The molecule has 3 aromatic carbocycles. The fraction of sp³-hybridized carbons (Fsp3) is 0. The zero-order valence-corrected chi connectivity index (χ0v) is 15.1. The van der Waals surface area contributed by atoms with Crippen LogP contribution in [0.1, 0.15) is 0 Å². The summed E-state index contributed by atoms with van der Waals surface area (Å²) < 4.78 is 7.22. The zero-order chi connectivity index (χ0) is 18.1. The Kier molecular flexibility index (Phi) is 3.92. The number of anilines is 2. The van der Waals surface area contributed by atoms with Crippen molar-refractivity contribution in [1.29, 1.82) is 0 Å². The van der Waals surface area contributed by atoms with Gasteiger partial charge in [0.05, 0.1) is 15.7 Å². The molecule has 2 aromatic heterocycles. The number of thiazole rings is 1. The van der Waals surface area contributed by atoms with Crippen LogP contribution >= 0.6 is 11.3 Å². The molecule has 0 spiro atoms. The Morgan fingerprint density at radius 3 is 2.59 bits per heavy atom. The van der Waals surface area contributed by atoms with Crippen LogP contribution in [-0.4, -0.2) is 9.97 Å². The second-order valence-corrected chi connectivity index (χ2v) is 7.10. The minimum atomic E-state index is 0.786. The van der Waals surface area contributed by atoms with Gasteiger partial charge in [-0.3, -0.25) is 4.98 Å². The first-order valence-corrected chi connectivity index (χ1v) is 9.41. The number of pyridine rings is 1. The van der Waals surface area contributed by atoms with Crippen molar-refractivity contribution >= 4 is 43.3 Å². The molecular formula is C22H15N3OS. The van der Waals surface area contributed by atoms with Crippen molar-refractivity contribution in [3.63, 3.8) is 0 Å². The van der Waals surface area contributed by atoms with Gasteiger partial charge in [0.2, 0.25) is 0 Å². The Morgan fingerprint density at radius 2 is 1.67 bits per heavy atom. The maximum Gasteiger partial charge on any atom is 0.188 e. The first kappa shape index (κ1) is 15.8. The van der Waals surface area contributed by atoms with Gasteiger partial charge in [-0.15, -0.1) is 0 Å². The quantitative estimate of drug-likeness (QED) is 0.399. The smallest absolute Gasteiger partial charge is 0.188 e. The van der Waals surface area contributed by atoms with Gasteiger partial charge < -0.3 is 10.1 Å². The van der Waals surface area contributed by atoms with E-state index in [1.165, 1.54) is 0 Å². The molecule has 27 heavy (non-hydrogen) atoms. The van der Waals surface area contributed by atoms with Crippen LogP contribution in [0, 0.1) is 0 Å². The van der Waals surface area contributed by atoms with E-state index in [2.05, 4.69) is 15.3 Å². The van der Waals surface area contributed by atoms with Crippen LogP contribution in [0.2, 0.25) is 0 Å². The van der Waals surface area contributed by atoms with Crippen molar-refractivity contribution in [1.82, 2.24) is 9.97 Å². The summed E-state index contributed by atoms with van der Waals surface area (Å²) in [6.07, 6.45) is 1.77. The summed E-state index contributed by atoms with van der Waals surface area (Å²) in [6, 6.07) is 25.9. The van der Waals surface area contributed by atoms with Gasteiger partial charge in [0.15, 0.2) is 5.13 Å². The monoisotopic (exact) mass is 369 g/mol. The molecule has 0 saturated carbocycles. The van der Waals surface area contributed by atoms with E-state index in [-0.39, 0.29) is 0 Å². The van der Waals surface area contributed by atoms with Gasteiger partial charge in [0.1, 0.15) is 11.5 Å². The predicted octanol–water partition coefficient (Wildman–Crippen LogP) is 6.38. The average molecular weight is 369 g/mol. The van der Waals surface area contributed by atoms with Crippen molar-refractivity contribution in [3.8, 4) is 11.5 Å². The van der Waals surface area contributed by atoms with Crippen molar-refractivity contribution in [2.75, 3.05) is 5.32 Å². The molecule has 5 heteroatoms. The molecule has 0 amide bonds. The molecule has 1 N–H and O–H groups in total. The molecule has 5 aromatic rings.